The fourth-order valence-electron chi connectivity index (χ4n) is 6.93. The van der Waals surface area contributed by atoms with Crippen LogP contribution in [0.25, 0.3) is 27.6 Å². The Hall–Kier alpha value is -6.62. The van der Waals surface area contributed by atoms with Gasteiger partial charge in [0.1, 0.15) is 0 Å². The van der Waals surface area contributed by atoms with Crippen LogP contribution in [0.1, 0.15) is 28.7 Å². The minimum Gasteiger partial charge on any atom is -0.310 e. The summed E-state index contributed by atoms with van der Waals surface area (Å²) in [5.41, 5.74) is 10.1. The summed E-state index contributed by atoms with van der Waals surface area (Å²) in [6.45, 7) is 0. The van der Waals surface area contributed by atoms with Crippen molar-refractivity contribution in [3.63, 3.8) is 0 Å². The van der Waals surface area contributed by atoms with Gasteiger partial charge in [0.15, 0.2) is 0 Å². The van der Waals surface area contributed by atoms with Crippen molar-refractivity contribution in [3.8, 4) is 12.1 Å². The van der Waals surface area contributed by atoms with E-state index < -0.39 is 0 Å². The Bertz CT molecular complexity index is 2400. The van der Waals surface area contributed by atoms with Crippen LogP contribution in [0.4, 0.5) is 34.1 Å². The molecule has 0 saturated carbocycles. The number of rotatable bonds is 6. The summed E-state index contributed by atoms with van der Waals surface area (Å²) < 4.78 is 0. The van der Waals surface area contributed by atoms with Gasteiger partial charge in [-0.2, -0.15) is 10.5 Å². The Morgan fingerprint density at radius 3 is 1.50 bits per heavy atom. The highest BCUT2D eigenvalue weighted by atomic mass is 15.2. The second kappa shape index (κ2) is 12.3. The van der Waals surface area contributed by atoms with Crippen LogP contribution in [0.5, 0.6) is 0 Å². The third kappa shape index (κ3) is 5.03. The van der Waals surface area contributed by atoms with Crippen LogP contribution in [0, 0.1) is 22.7 Å². The van der Waals surface area contributed by atoms with Gasteiger partial charge in [-0.25, -0.2) is 0 Å². The Balaban J connectivity index is 1.43. The van der Waals surface area contributed by atoms with Crippen molar-refractivity contribution in [2.75, 3.05) is 9.80 Å². The first-order valence-corrected chi connectivity index (χ1v) is 16.1. The topological polar surface area (TPSA) is 54.1 Å². The highest BCUT2D eigenvalue weighted by Crippen LogP contribution is 2.48. The van der Waals surface area contributed by atoms with Crippen molar-refractivity contribution in [2.45, 2.75) is 12.8 Å². The Kier molecular flexibility index (Phi) is 7.38. The van der Waals surface area contributed by atoms with E-state index in [1.165, 1.54) is 21.9 Å². The molecule has 0 radical (unpaired) electrons. The van der Waals surface area contributed by atoms with Crippen molar-refractivity contribution in [1.82, 2.24) is 0 Å². The molecular weight excluding hydrogens is 585 g/mol. The molecule has 226 valence electrons. The molecule has 1 aliphatic rings. The van der Waals surface area contributed by atoms with Gasteiger partial charge in [-0.05, 0) is 125 Å². The first kappa shape index (κ1) is 28.8. The molecule has 0 atom stereocenters. The van der Waals surface area contributed by atoms with E-state index in [1.807, 2.05) is 60.7 Å². The van der Waals surface area contributed by atoms with E-state index in [9.17, 15) is 10.5 Å². The number of hydrogen-bond acceptors (Lipinski definition) is 4. The molecule has 0 bridgehead atoms. The summed E-state index contributed by atoms with van der Waals surface area (Å²) in [6.07, 6.45) is 6.45. The second-order valence-corrected chi connectivity index (χ2v) is 11.9. The summed E-state index contributed by atoms with van der Waals surface area (Å²) in [7, 11) is 0. The van der Waals surface area contributed by atoms with Crippen LogP contribution in [-0.2, 0) is 6.42 Å². The molecule has 1 aliphatic carbocycles. The van der Waals surface area contributed by atoms with Crippen LogP contribution >= 0.6 is 0 Å². The number of allylic oxidation sites excluding steroid dienone is 1. The third-order valence-electron chi connectivity index (χ3n) is 9.14. The summed E-state index contributed by atoms with van der Waals surface area (Å²) in [4.78, 5) is 4.62. The Labute approximate surface area is 280 Å². The number of para-hydroxylation sites is 2. The molecule has 0 N–H and O–H groups in total. The van der Waals surface area contributed by atoms with E-state index in [-0.39, 0.29) is 0 Å². The molecule has 0 aromatic heterocycles. The monoisotopic (exact) mass is 614 g/mol. The zero-order valence-electron chi connectivity index (χ0n) is 26.2. The van der Waals surface area contributed by atoms with E-state index in [0.29, 0.717) is 11.1 Å². The van der Waals surface area contributed by atoms with Crippen LogP contribution in [0.3, 0.4) is 0 Å². The minimum absolute atomic E-state index is 0.632. The van der Waals surface area contributed by atoms with Crippen molar-refractivity contribution < 1.29 is 0 Å². The lowest BCUT2D eigenvalue weighted by molar-refractivity contribution is 0.983. The van der Waals surface area contributed by atoms with Gasteiger partial charge in [0.2, 0.25) is 0 Å². The number of nitrogens with zero attached hydrogens (tertiary/aromatic N) is 4. The molecule has 4 heteroatoms. The molecule has 0 heterocycles. The fourth-order valence-corrected chi connectivity index (χ4v) is 6.93. The normalized spacial score (nSPS) is 11.9. The largest absolute Gasteiger partial charge is 0.310 e. The molecule has 8 rings (SSSR count). The summed E-state index contributed by atoms with van der Waals surface area (Å²) in [6, 6.07) is 54.4. The van der Waals surface area contributed by atoms with Crippen molar-refractivity contribution in [3.05, 3.63) is 174 Å². The Morgan fingerprint density at radius 2 is 0.938 bits per heavy atom. The molecule has 48 heavy (non-hydrogen) atoms. The van der Waals surface area contributed by atoms with Gasteiger partial charge in [0, 0.05) is 28.1 Å². The zero-order chi connectivity index (χ0) is 32.5. The van der Waals surface area contributed by atoms with Gasteiger partial charge in [0.25, 0.3) is 0 Å². The highest BCUT2D eigenvalue weighted by molar-refractivity contribution is 6.18. The van der Waals surface area contributed by atoms with Crippen molar-refractivity contribution in [2.24, 2.45) is 0 Å². The lowest BCUT2D eigenvalue weighted by atomic mass is 9.87. The Morgan fingerprint density at radius 1 is 0.458 bits per heavy atom. The van der Waals surface area contributed by atoms with E-state index >= 15 is 0 Å². The van der Waals surface area contributed by atoms with Crippen LogP contribution < -0.4 is 9.80 Å². The molecule has 7 aromatic rings. The summed E-state index contributed by atoms with van der Waals surface area (Å²) >= 11 is 0. The quantitative estimate of drug-likeness (QED) is 0.175. The number of hydrogen-bond donors (Lipinski definition) is 0. The van der Waals surface area contributed by atoms with E-state index in [4.69, 9.17) is 0 Å². The maximum Gasteiger partial charge on any atom is 0.0991 e. The lowest BCUT2D eigenvalue weighted by Crippen LogP contribution is -2.14. The number of nitriles is 2. The molecule has 0 unspecified atom stereocenters. The highest BCUT2D eigenvalue weighted by Gasteiger charge is 2.24. The average Bonchev–Trinajstić information content (AvgIpc) is 3.16. The van der Waals surface area contributed by atoms with Crippen LogP contribution in [0.2, 0.25) is 0 Å². The molecule has 0 amide bonds. The molecule has 0 aliphatic heterocycles. The van der Waals surface area contributed by atoms with Crippen molar-refractivity contribution in [1.29, 1.82) is 10.5 Å². The van der Waals surface area contributed by atoms with Gasteiger partial charge < -0.3 is 9.80 Å². The standard InChI is InChI=1S/C44H30N4/c45-29-31-19-23-35(24-20-31)47(33-11-3-1-4-12-33)43-27-41-38-16-8-10-18-40(38)44(28-42(41)37-15-7-9-17-39(37)43)48(34-13-5-2-6-14-34)36-25-21-32(30-46)22-26-36/h1-9,11-17,19-28H,10,18H2. The predicted molar refractivity (Wildman–Crippen MR) is 198 cm³/mol. The summed E-state index contributed by atoms with van der Waals surface area (Å²) in [5, 5.41) is 23.7. The van der Waals surface area contributed by atoms with Gasteiger partial charge in [-0.15, -0.1) is 0 Å². The molecule has 0 fully saturated rings. The number of benzene rings is 7. The zero-order valence-corrected chi connectivity index (χ0v) is 26.2. The number of anilines is 6. The number of fused-ring (bicyclic) bond motifs is 5. The van der Waals surface area contributed by atoms with Gasteiger partial charge in [0.05, 0.1) is 34.6 Å². The minimum atomic E-state index is 0.632. The van der Waals surface area contributed by atoms with Gasteiger partial charge in [-0.1, -0.05) is 72.8 Å². The van der Waals surface area contributed by atoms with Crippen LogP contribution in [-0.4, -0.2) is 0 Å². The van der Waals surface area contributed by atoms with E-state index in [2.05, 4.69) is 119 Å². The molecule has 0 saturated heterocycles. The first-order valence-electron chi connectivity index (χ1n) is 16.1. The molecule has 7 aromatic carbocycles. The summed E-state index contributed by atoms with van der Waals surface area (Å²) in [5.74, 6) is 0. The van der Waals surface area contributed by atoms with E-state index in [1.54, 1.807) is 0 Å². The van der Waals surface area contributed by atoms with E-state index in [0.717, 1.165) is 57.7 Å². The van der Waals surface area contributed by atoms with Crippen LogP contribution in [0.15, 0.2) is 152 Å². The second-order valence-electron chi connectivity index (χ2n) is 11.9. The van der Waals surface area contributed by atoms with Crippen molar-refractivity contribution >= 4 is 61.7 Å². The van der Waals surface area contributed by atoms with Gasteiger partial charge in [-0.3, -0.25) is 0 Å². The average molecular weight is 615 g/mol. The predicted octanol–water partition coefficient (Wildman–Crippen LogP) is 11.6. The smallest absolute Gasteiger partial charge is 0.0991 e. The lowest BCUT2D eigenvalue weighted by Gasteiger charge is -2.31. The maximum atomic E-state index is 9.52. The molecular formula is C44H30N4. The maximum absolute atomic E-state index is 9.52. The first-order chi connectivity index (χ1) is 23.7. The molecule has 4 nitrogen and oxygen atoms in total. The SMILES string of the molecule is N#Cc1ccc(N(c2ccccc2)c2cc3c(cc(N(c4ccccc4)c4ccc(C#N)cc4)c4ccccc43)c3c2CCC=C3)cc1. The third-order valence-corrected chi connectivity index (χ3v) is 9.14. The molecule has 0 spiro atoms. The fraction of sp³-hybridized carbons (Fsp3) is 0.0455. The van der Waals surface area contributed by atoms with Gasteiger partial charge >= 0.3 is 0 Å².